The lowest BCUT2D eigenvalue weighted by molar-refractivity contribution is -0.147. The molecule has 0 aliphatic carbocycles. The van der Waals surface area contributed by atoms with Gasteiger partial charge in [-0.05, 0) is 25.7 Å². The van der Waals surface area contributed by atoms with Crippen molar-refractivity contribution in [3.63, 3.8) is 0 Å². The Bertz CT molecular complexity index is 1280. The van der Waals surface area contributed by atoms with Crippen molar-refractivity contribution < 1.29 is 63.9 Å². The molecule has 5 amide bonds. The van der Waals surface area contributed by atoms with Crippen molar-refractivity contribution >= 4 is 59.4 Å². The van der Waals surface area contributed by atoms with E-state index in [1.54, 1.807) is 0 Å². The van der Waals surface area contributed by atoms with E-state index in [1.165, 1.54) is 0 Å². The predicted molar refractivity (Wildman–Crippen MR) is 172 cm³/mol. The number of hydrogen-bond donors (Lipinski definition) is 17. The lowest BCUT2D eigenvalue weighted by Crippen LogP contribution is -2.60. The van der Waals surface area contributed by atoms with Crippen LogP contribution in [0.1, 0.15) is 38.5 Å². The van der Waals surface area contributed by atoms with E-state index in [0.29, 0.717) is 0 Å². The van der Waals surface area contributed by atoms with E-state index in [4.69, 9.17) is 38.2 Å². The number of carbonyl (C=O) groups excluding carboxylic acids is 5. The van der Waals surface area contributed by atoms with Gasteiger partial charge in [-0.15, -0.1) is 0 Å². The van der Waals surface area contributed by atoms with Crippen LogP contribution in [-0.4, -0.2) is 147 Å². The SMILES string of the molecule is N=C(N)NCCC[C@H](NC(=O)[C@H](CO)NC(=O)[C@H](CC(=O)O)NC(=O)[C@H](CCCNC(=N)N)NC(=O)[C@@H](N)CO)C(=O)N[C@@H](CC(=O)O)C(=O)O. The zero-order valence-corrected chi connectivity index (χ0v) is 27.3. The van der Waals surface area contributed by atoms with E-state index in [2.05, 4.69) is 26.6 Å². The van der Waals surface area contributed by atoms with E-state index >= 15 is 0 Å². The van der Waals surface area contributed by atoms with Gasteiger partial charge in [0.1, 0.15) is 36.3 Å². The van der Waals surface area contributed by atoms with Gasteiger partial charge in [-0.2, -0.15) is 0 Å². The van der Waals surface area contributed by atoms with Crippen molar-refractivity contribution in [3.8, 4) is 0 Å². The summed E-state index contributed by atoms with van der Waals surface area (Å²) in [6.45, 7) is -1.86. The van der Waals surface area contributed by atoms with Gasteiger partial charge in [0.25, 0.3) is 0 Å². The van der Waals surface area contributed by atoms with Gasteiger partial charge >= 0.3 is 17.9 Å². The number of nitrogens with one attached hydrogen (secondary N) is 9. The number of rotatable bonds is 25. The molecular formula is C26H46N12O13. The van der Waals surface area contributed by atoms with Crippen molar-refractivity contribution in [1.82, 2.24) is 37.2 Å². The topological polar surface area (TPSA) is 448 Å². The Morgan fingerprint density at radius 2 is 0.882 bits per heavy atom. The summed E-state index contributed by atoms with van der Waals surface area (Å²) in [6, 6.07) is -10.2. The van der Waals surface area contributed by atoms with Gasteiger partial charge in [0.15, 0.2) is 11.9 Å². The first-order chi connectivity index (χ1) is 23.8. The molecule has 0 aromatic carbocycles. The molecule has 51 heavy (non-hydrogen) atoms. The van der Waals surface area contributed by atoms with Crippen molar-refractivity contribution in [3.05, 3.63) is 0 Å². The third-order valence-electron chi connectivity index (χ3n) is 6.59. The number of aliphatic hydroxyl groups is 2. The number of aliphatic carboxylic acids is 3. The minimum absolute atomic E-state index is 0.00379. The van der Waals surface area contributed by atoms with Crippen LogP contribution in [0.3, 0.4) is 0 Å². The van der Waals surface area contributed by atoms with E-state index in [0.717, 1.165) is 0 Å². The van der Waals surface area contributed by atoms with Crippen molar-refractivity contribution in [2.45, 2.75) is 74.8 Å². The zero-order valence-electron chi connectivity index (χ0n) is 27.3. The first-order valence-electron chi connectivity index (χ1n) is 15.1. The molecule has 0 saturated carbocycles. The highest BCUT2D eigenvalue weighted by atomic mass is 16.4. The zero-order chi connectivity index (χ0) is 39.3. The summed E-state index contributed by atoms with van der Waals surface area (Å²) in [5, 5.41) is 76.5. The number of nitrogens with two attached hydrogens (primary N) is 3. The summed E-state index contributed by atoms with van der Waals surface area (Å²) in [4.78, 5) is 98.6. The van der Waals surface area contributed by atoms with Crippen molar-refractivity contribution in [1.29, 1.82) is 10.8 Å². The first-order valence-corrected chi connectivity index (χ1v) is 15.1. The highest BCUT2D eigenvalue weighted by molar-refractivity contribution is 5.97. The second-order valence-electron chi connectivity index (χ2n) is 10.8. The lowest BCUT2D eigenvalue weighted by Gasteiger charge is -2.26. The molecule has 0 spiro atoms. The molecule has 0 aliphatic heterocycles. The fourth-order valence-corrected chi connectivity index (χ4v) is 4.00. The maximum atomic E-state index is 13.1. The molecule has 6 atom stereocenters. The standard InChI is InChI=1S/C26H46N12O13/c27-11(9-39)19(45)34-12(3-1-5-32-25(28)29)20(46)36-14(7-17(41)42)22(48)38-16(10-40)23(49)35-13(4-2-6-33-26(30)31)21(47)37-15(24(50)51)8-18(43)44/h11-16,39-40H,1-10,27H2,(H,34,45)(H,35,49)(H,36,46)(H,37,47)(H,38,48)(H,41,42)(H,43,44)(H,50,51)(H4,28,29,32)(H4,30,31,33)/t11-,12-,13-,14-,15-,16-/m0/s1. The maximum absolute atomic E-state index is 13.1. The Kier molecular flexibility index (Phi) is 20.8. The van der Waals surface area contributed by atoms with Gasteiger partial charge in [0.2, 0.25) is 29.5 Å². The van der Waals surface area contributed by atoms with Crippen LogP contribution in [0.25, 0.3) is 0 Å². The highest BCUT2D eigenvalue weighted by Crippen LogP contribution is 2.05. The molecule has 0 heterocycles. The molecule has 20 N–H and O–H groups in total. The van der Waals surface area contributed by atoms with E-state index < -0.39 is 116 Å². The van der Waals surface area contributed by atoms with Gasteiger partial charge < -0.3 is 80.0 Å². The van der Waals surface area contributed by atoms with E-state index in [9.17, 15) is 53.7 Å². The quantitative estimate of drug-likeness (QED) is 0.0235. The molecule has 0 unspecified atom stereocenters. The number of guanidine groups is 2. The van der Waals surface area contributed by atoms with Gasteiger partial charge in [-0.25, -0.2) is 4.79 Å². The first kappa shape index (κ1) is 45.2. The highest BCUT2D eigenvalue weighted by Gasteiger charge is 2.33. The van der Waals surface area contributed by atoms with Crippen LogP contribution in [0.5, 0.6) is 0 Å². The number of carboxylic acids is 3. The summed E-state index contributed by atoms with van der Waals surface area (Å²) in [5.41, 5.74) is 15.9. The summed E-state index contributed by atoms with van der Waals surface area (Å²) in [6.07, 6.45) is -2.35. The third kappa shape index (κ3) is 19.1. The molecular weight excluding hydrogens is 688 g/mol. The van der Waals surface area contributed by atoms with Crippen molar-refractivity contribution in [2.24, 2.45) is 17.2 Å². The average molecular weight is 735 g/mol. The average Bonchev–Trinajstić information content (AvgIpc) is 3.03. The molecule has 0 aromatic rings. The number of carbonyl (C=O) groups is 8. The van der Waals surface area contributed by atoms with Gasteiger partial charge in [0.05, 0.1) is 26.1 Å². The van der Waals surface area contributed by atoms with Crippen LogP contribution in [-0.2, 0) is 38.4 Å². The summed E-state index contributed by atoms with van der Waals surface area (Å²) < 4.78 is 0. The Morgan fingerprint density at radius 3 is 1.27 bits per heavy atom. The number of hydrogen-bond acceptors (Lipinski definition) is 13. The van der Waals surface area contributed by atoms with Gasteiger partial charge in [0, 0.05) is 13.1 Å². The number of amides is 5. The monoisotopic (exact) mass is 734 g/mol. The van der Waals surface area contributed by atoms with Crippen LogP contribution in [0.2, 0.25) is 0 Å². The lowest BCUT2D eigenvalue weighted by atomic mass is 10.1. The molecule has 0 saturated heterocycles. The predicted octanol–water partition coefficient (Wildman–Crippen LogP) is -7.72. The van der Waals surface area contributed by atoms with E-state index in [-0.39, 0.29) is 44.7 Å². The maximum Gasteiger partial charge on any atom is 0.326 e. The number of carboxylic acid groups (broad SMARTS) is 3. The minimum Gasteiger partial charge on any atom is -0.481 e. The summed E-state index contributed by atoms with van der Waals surface area (Å²) in [5.74, 6) is -11.4. The molecule has 288 valence electrons. The fraction of sp³-hybridized carbons (Fsp3) is 0.615. The Hall–Kier alpha value is -5.82. The van der Waals surface area contributed by atoms with Crippen LogP contribution < -0.4 is 54.4 Å². The Morgan fingerprint density at radius 1 is 0.529 bits per heavy atom. The van der Waals surface area contributed by atoms with Crippen LogP contribution in [0, 0.1) is 10.8 Å². The molecule has 0 aliphatic rings. The molecule has 0 aromatic heterocycles. The fourth-order valence-electron chi connectivity index (χ4n) is 4.00. The second kappa shape index (κ2) is 23.5. The molecule has 0 rings (SSSR count). The van der Waals surface area contributed by atoms with Crippen molar-refractivity contribution in [2.75, 3.05) is 26.3 Å². The molecule has 0 bridgehead atoms. The molecule has 25 nitrogen and oxygen atoms in total. The smallest absolute Gasteiger partial charge is 0.326 e. The Balaban J connectivity index is 6.02. The van der Waals surface area contributed by atoms with Crippen LogP contribution >= 0.6 is 0 Å². The van der Waals surface area contributed by atoms with E-state index in [1.807, 2.05) is 10.6 Å². The minimum atomic E-state index is -1.91. The Labute approximate surface area is 289 Å². The van der Waals surface area contributed by atoms with Gasteiger partial charge in [-0.1, -0.05) is 0 Å². The molecule has 0 radical (unpaired) electrons. The second-order valence-corrected chi connectivity index (χ2v) is 10.8. The largest absolute Gasteiger partial charge is 0.481 e. The summed E-state index contributed by atoms with van der Waals surface area (Å²) >= 11 is 0. The van der Waals surface area contributed by atoms with Crippen LogP contribution in [0.15, 0.2) is 0 Å². The molecule has 25 heteroatoms. The summed E-state index contributed by atoms with van der Waals surface area (Å²) in [7, 11) is 0. The molecule has 0 fully saturated rings. The van der Waals surface area contributed by atoms with Gasteiger partial charge in [-0.3, -0.25) is 44.4 Å². The number of aliphatic hydroxyl groups excluding tert-OH is 2. The third-order valence-corrected chi connectivity index (χ3v) is 6.59. The normalized spacial score (nSPS) is 14.1. The van der Waals surface area contributed by atoms with Crippen LogP contribution in [0.4, 0.5) is 0 Å².